The van der Waals surface area contributed by atoms with Crippen LogP contribution in [0.4, 0.5) is 17.6 Å². The van der Waals surface area contributed by atoms with Gasteiger partial charge in [-0.3, -0.25) is 0 Å². The van der Waals surface area contributed by atoms with E-state index in [1.807, 2.05) is 17.9 Å². The van der Waals surface area contributed by atoms with E-state index in [9.17, 15) is 0 Å². The van der Waals surface area contributed by atoms with Crippen molar-refractivity contribution in [3.05, 3.63) is 47.8 Å². The van der Waals surface area contributed by atoms with Crippen molar-refractivity contribution in [3.8, 4) is 11.1 Å². The number of nitrogens with two attached hydrogens (primary N) is 1. The van der Waals surface area contributed by atoms with Crippen molar-refractivity contribution in [1.82, 2.24) is 20.4 Å². The molecule has 3 unspecified atom stereocenters. The number of hydrogen-bond donors (Lipinski definition) is 3. The van der Waals surface area contributed by atoms with Gasteiger partial charge in [-0.25, -0.2) is 0 Å². The van der Waals surface area contributed by atoms with Crippen LogP contribution in [-0.2, 0) is 20.0 Å². The molecule has 3 aliphatic rings. The fourth-order valence-electron chi connectivity index (χ4n) is 5.41. The highest BCUT2D eigenvalue weighted by molar-refractivity contribution is 5.64. The summed E-state index contributed by atoms with van der Waals surface area (Å²) < 4.78 is 1.97. The highest BCUT2D eigenvalue weighted by Gasteiger charge is 2.38. The van der Waals surface area contributed by atoms with E-state index in [0.717, 1.165) is 37.7 Å². The van der Waals surface area contributed by atoms with Crippen molar-refractivity contribution in [2.75, 3.05) is 28.6 Å². The molecule has 3 aromatic rings. The SMILES string of the molecule is CC1Cc2ccc(-c3c[nH][n+](C)c3)cc2CN1c1cc(N2CC3CC2CN3)nc(N)n1. The Morgan fingerprint density at radius 3 is 2.65 bits per heavy atom. The molecule has 3 aliphatic heterocycles. The summed E-state index contributed by atoms with van der Waals surface area (Å²) in [5.41, 5.74) is 11.4. The fourth-order valence-corrected chi connectivity index (χ4v) is 5.41. The summed E-state index contributed by atoms with van der Waals surface area (Å²) in [6, 6.07) is 10.4. The van der Waals surface area contributed by atoms with E-state index in [1.165, 1.54) is 28.7 Å². The van der Waals surface area contributed by atoms with Crippen LogP contribution in [-0.4, -0.2) is 46.3 Å². The largest absolute Gasteiger partial charge is 0.368 e. The zero-order valence-electron chi connectivity index (χ0n) is 18.0. The normalized spacial score (nSPS) is 24.6. The van der Waals surface area contributed by atoms with Gasteiger partial charge in [0, 0.05) is 43.8 Å². The van der Waals surface area contributed by atoms with E-state index < -0.39 is 0 Å². The average Bonchev–Trinajstić information content (AvgIpc) is 3.50. The highest BCUT2D eigenvalue weighted by Crippen LogP contribution is 2.34. The Morgan fingerprint density at radius 2 is 1.94 bits per heavy atom. The van der Waals surface area contributed by atoms with Crippen LogP contribution >= 0.6 is 0 Å². The van der Waals surface area contributed by atoms with Crippen LogP contribution in [0.3, 0.4) is 0 Å². The van der Waals surface area contributed by atoms with Gasteiger partial charge in [0.2, 0.25) is 12.1 Å². The molecular weight excluding hydrogens is 388 g/mol. The van der Waals surface area contributed by atoms with Crippen molar-refractivity contribution in [3.63, 3.8) is 0 Å². The quantitative estimate of drug-likeness (QED) is 0.558. The molecule has 2 saturated heterocycles. The summed E-state index contributed by atoms with van der Waals surface area (Å²) in [4.78, 5) is 14.0. The minimum absolute atomic E-state index is 0.349. The first-order valence-corrected chi connectivity index (χ1v) is 11.1. The number of aromatic nitrogens is 4. The van der Waals surface area contributed by atoms with Gasteiger partial charge in [0.25, 0.3) is 0 Å². The highest BCUT2D eigenvalue weighted by atomic mass is 15.3. The lowest BCUT2D eigenvalue weighted by molar-refractivity contribution is -0.726. The Balaban J connectivity index is 1.32. The van der Waals surface area contributed by atoms with Crippen molar-refractivity contribution in [1.29, 1.82) is 0 Å². The third-order valence-electron chi connectivity index (χ3n) is 7.05. The number of hydrogen-bond acceptors (Lipinski definition) is 6. The number of aryl methyl sites for hydroxylation is 1. The summed E-state index contributed by atoms with van der Waals surface area (Å²) in [5, 5.41) is 6.76. The van der Waals surface area contributed by atoms with Gasteiger partial charge in [-0.05, 0) is 42.5 Å². The zero-order valence-corrected chi connectivity index (χ0v) is 18.0. The number of rotatable bonds is 3. The molecular formula is C23H29N8+. The summed E-state index contributed by atoms with van der Waals surface area (Å²) in [6.07, 6.45) is 6.34. The maximum atomic E-state index is 6.18. The van der Waals surface area contributed by atoms with Gasteiger partial charge in [0.1, 0.15) is 11.6 Å². The molecule has 0 saturated carbocycles. The number of aromatic amines is 1. The maximum Gasteiger partial charge on any atom is 0.223 e. The van der Waals surface area contributed by atoms with Gasteiger partial charge < -0.3 is 20.9 Å². The first-order chi connectivity index (χ1) is 15.0. The smallest absolute Gasteiger partial charge is 0.223 e. The van der Waals surface area contributed by atoms with Crippen molar-refractivity contribution in [2.45, 2.75) is 44.4 Å². The van der Waals surface area contributed by atoms with E-state index in [1.54, 1.807) is 0 Å². The van der Waals surface area contributed by atoms with Crippen LogP contribution in [0.2, 0.25) is 0 Å². The standard InChI is InChI=1S/C23H28N8/c1-14-5-15-3-4-16(18-9-26-29(2)11-18)6-17(15)12-30(14)21-8-22(28-23(24)27-21)31-13-19-7-20(31)10-25-19/h3-4,6,8-9,11,14,19-20,25H,5,7,10,12-13H2,1-2H3,(H2,24,27,28)/p+1. The predicted octanol–water partition coefficient (Wildman–Crippen LogP) is 1.38. The fraction of sp³-hybridized carbons (Fsp3) is 0.435. The van der Waals surface area contributed by atoms with Crippen molar-refractivity contribution >= 4 is 17.6 Å². The molecule has 2 aromatic heterocycles. The lowest BCUT2D eigenvalue weighted by Crippen LogP contribution is -2.44. The molecule has 2 fully saturated rings. The van der Waals surface area contributed by atoms with E-state index in [2.05, 4.69) is 67.6 Å². The minimum Gasteiger partial charge on any atom is -0.368 e. The number of nitrogen functional groups attached to an aromatic ring is 1. The molecule has 4 N–H and O–H groups in total. The minimum atomic E-state index is 0.349. The first kappa shape index (κ1) is 18.6. The monoisotopic (exact) mass is 417 g/mol. The topological polar surface area (TPSA) is 90.0 Å². The summed E-state index contributed by atoms with van der Waals surface area (Å²) in [5.74, 6) is 2.24. The number of piperazine rings is 1. The molecule has 6 rings (SSSR count). The number of H-pyrrole nitrogens is 1. The molecule has 0 radical (unpaired) electrons. The lowest BCUT2D eigenvalue weighted by Gasteiger charge is -2.37. The Hall–Kier alpha value is -3.13. The van der Waals surface area contributed by atoms with Crippen LogP contribution < -0.4 is 25.5 Å². The molecule has 1 aromatic carbocycles. The number of nitrogens with zero attached hydrogens (tertiary/aromatic N) is 5. The number of benzene rings is 1. The van der Waals surface area contributed by atoms with Crippen molar-refractivity contribution < 1.29 is 4.68 Å². The van der Waals surface area contributed by atoms with Gasteiger partial charge in [0.05, 0.1) is 11.8 Å². The second-order valence-corrected chi connectivity index (χ2v) is 9.22. The average molecular weight is 418 g/mol. The van der Waals surface area contributed by atoms with E-state index >= 15 is 0 Å². The van der Waals surface area contributed by atoms with Crippen LogP contribution in [0, 0.1) is 0 Å². The number of anilines is 3. The third-order valence-corrected chi connectivity index (χ3v) is 7.05. The molecule has 0 spiro atoms. The Kier molecular flexibility index (Phi) is 4.17. The van der Waals surface area contributed by atoms with Gasteiger partial charge in [-0.15, -0.1) is 4.68 Å². The third kappa shape index (κ3) is 3.22. The van der Waals surface area contributed by atoms with E-state index in [4.69, 9.17) is 5.73 Å². The molecule has 31 heavy (non-hydrogen) atoms. The lowest BCUT2D eigenvalue weighted by atomic mass is 9.92. The summed E-state index contributed by atoms with van der Waals surface area (Å²) >= 11 is 0. The van der Waals surface area contributed by atoms with Crippen LogP contribution in [0.1, 0.15) is 24.5 Å². The first-order valence-electron chi connectivity index (χ1n) is 11.1. The van der Waals surface area contributed by atoms with Crippen LogP contribution in [0.15, 0.2) is 36.7 Å². The summed E-state index contributed by atoms with van der Waals surface area (Å²) in [7, 11) is 2.00. The molecule has 3 atom stereocenters. The number of fused-ring (bicyclic) bond motifs is 3. The molecule has 2 bridgehead atoms. The molecule has 0 amide bonds. The van der Waals surface area contributed by atoms with Gasteiger partial charge in [-0.2, -0.15) is 15.1 Å². The second-order valence-electron chi connectivity index (χ2n) is 9.22. The van der Waals surface area contributed by atoms with Crippen molar-refractivity contribution in [2.24, 2.45) is 7.05 Å². The molecule has 5 heterocycles. The van der Waals surface area contributed by atoms with E-state index in [-0.39, 0.29) is 0 Å². The maximum absolute atomic E-state index is 6.18. The second kappa shape index (κ2) is 6.95. The summed E-state index contributed by atoms with van der Waals surface area (Å²) in [6.45, 7) is 5.11. The molecule has 8 nitrogen and oxygen atoms in total. The Morgan fingerprint density at radius 1 is 1.10 bits per heavy atom. The Labute approximate surface area is 182 Å². The van der Waals surface area contributed by atoms with Crippen LogP contribution in [0.25, 0.3) is 11.1 Å². The molecule has 160 valence electrons. The number of nitrogens with one attached hydrogen (secondary N) is 2. The van der Waals surface area contributed by atoms with Gasteiger partial charge in [0.15, 0.2) is 7.05 Å². The Bertz CT molecular complexity index is 1140. The van der Waals surface area contributed by atoms with Gasteiger partial charge >= 0.3 is 0 Å². The predicted molar refractivity (Wildman–Crippen MR) is 121 cm³/mol. The molecule has 8 heteroatoms. The zero-order chi connectivity index (χ0) is 21.1. The molecule has 0 aliphatic carbocycles. The van der Waals surface area contributed by atoms with Crippen LogP contribution in [0.5, 0.6) is 0 Å². The van der Waals surface area contributed by atoms with E-state index in [0.29, 0.717) is 24.1 Å². The van der Waals surface area contributed by atoms with Gasteiger partial charge in [-0.1, -0.05) is 12.1 Å².